The van der Waals surface area contributed by atoms with Gasteiger partial charge in [-0.3, -0.25) is 9.59 Å². The van der Waals surface area contributed by atoms with Crippen LogP contribution in [0, 0.1) is 5.92 Å². The summed E-state index contributed by atoms with van der Waals surface area (Å²) in [5.41, 5.74) is -0.703. The molecule has 1 aliphatic heterocycles. The highest BCUT2D eigenvalue weighted by Gasteiger charge is 2.32. The Hall–Kier alpha value is -1.10. The van der Waals surface area contributed by atoms with Crippen molar-refractivity contribution in [3.8, 4) is 0 Å². The van der Waals surface area contributed by atoms with E-state index in [2.05, 4.69) is 5.32 Å². The molecule has 1 heterocycles. The summed E-state index contributed by atoms with van der Waals surface area (Å²) >= 11 is 0. The average molecular weight is 310 g/mol. The summed E-state index contributed by atoms with van der Waals surface area (Å²) in [6.07, 6.45) is 7.80. The second-order valence-corrected chi connectivity index (χ2v) is 6.91. The van der Waals surface area contributed by atoms with Gasteiger partial charge in [0.25, 0.3) is 0 Å². The van der Waals surface area contributed by atoms with Gasteiger partial charge in [-0.25, -0.2) is 0 Å². The number of piperidine rings is 1. The number of likely N-dealkylation sites (tertiary alicyclic amines) is 1. The Morgan fingerprint density at radius 1 is 1.18 bits per heavy atom. The van der Waals surface area contributed by atoms with E-state index in [0.717, 1.165) is 44.9 Å². The second-order valence-electron chi connectivity index (χ2n) is 6.91. The van der Waals surface area contributed by atoms with Crippen molar-refractivity contribution in [2.75, 3.05) is 19.6 Å². The summed E-state index contributed by atoms with van der Waals surface area (Å²) in [4.78, 5) is 26.0. The highest BCUT2D eigenvalue weighted by atomic mass is 16.3. The Balaban J connectivity index is 1.72. The van der Waals surface area contributed by atoms with Gasteiger partial charge in [0.05, 0.1) is 5.60 Å². The molecule has 2 fully saturated rings. The summed E-state index contributed by atoms with van der Waals surface area (Å²) in [6.45, 7) is 3.75. The molecule has 1 saturated carbocycles. The summed E-state index contributed by atoms with van der Waals surface area (Å²) in [5.74, 6) is 0.234. The van der Waals surface area contributed by atoms with Gasteiger partial charge in [0, 0.05) is 32.0 Å². The standard InChI is InChI=1S/C17H30N2O3/c1-2-6-15(20)19-11-7-14(8-12-19)16(21)18-13-17(22)9-4-3-5-10-17/h14,22H,2-13H2,1H3,(H,18,21). The van der Waals surface area contributed by atoms with E-state index in [4.69, 9.17) is 0 Å². The maximum absolute atomic E-state index is 12.3. The van der Waals surface area contributed by atoms with Crippen LogP contribution in [0.3, 0.4) is 0 Å². The van der Waals surface area contributed by atoms with Crippen LogP contribution in [0.2, 0.25) is 0 Å². The van der Waals surface area contributed by atoms with E-state index in [-0.39, 0.29) is 17.7 Å². The number of carbonyl (C=O) groups is 2. The number of nitrogens with zero attached hydrogens (tertiary/aromatic N) is 1. The molecule has 2 aliphatic rings. The molecule has 0 spiro atoms. The Labute approximate surface area is 133 Å². The van der Waals surface area contributed by atoms with Gasteiger partial charge in [-0.05, 0) is 32.1 Å². The molecule has 0 radical (unpaired) electrons. The molecule has 0 unspecified atom stereocenters. The molecule has 0 atom stereocenters. The van der Waals surface area contributed by atoms with Gasteiger partial charge in [0.15, 0.2) is 0 Å². The summed E-state index contributed by atoms with van der Waals surface area (Å²) in [6, 6.07) is 0. The zero-order valence-electron chi connectivity index (χ0n) is 13.8. The summed E-state index contributed by atoms with van der Waals surface area (Å²) in [5, 5.41) is 13.4. The van der Waals surface area contributed by atoms with Crippen LogP contribution in [-0.4, -0.2) is 47.1 Å². The quantitative estimate of drug-likeness (QED) is 0.814. The minimum absolute atomic E-state index is 0.0159. The molecule has 1 saturated heterocycles. The lowest BCUT2D eigenvalue weighted by Gasteiger charge is -2.34. The Morgan fingerprint density at radius 2 is 1.82 bits per heavy atom. The van der Waals surface area contributed by atoms with Gasteiger partial charge in [0.1, 0.15) is 0 Å². The fourth-order valence-electron chi connectivity index (χ4n) is 3.55. The first-order chi connectivity index (χ1) is 10.5. The number of hydrogen-bond donors (Lipinski definition) is 2. The van der Waals surface area contributed by atoms with Crippen LogP contribution in [0.25, 0.3) is 0 Å². The van der Waals surface area contributed by atoms with Crippen molar-refractivity contribution in [1.29, 1.82) is 0 Å². The Kier molecular flexibility index (Phi) is 6.24. The van der Waals surface area contributed by atoms with Crippen LogP contribution in [0.1, 0.15) is 64.7 Å². The molecule has 1 aliphatic carbocycles. The third-order valence-corrected chi connectivity index (χ3v) is 5.06. The molecule has 5 nitrogen and oxygen atoms in total. The molecule has 5 heteroatoms. The van der Waals surface area contributed by atoms with Crippen LogP contribution >= 0.6 is 0 Å². The zero-order chi connectivity index (χ0) is 16.0. The van der Waals surface area contributed by atoms with Crippen molar-refractivity contribution in [2.24, 2.45) is 5.92 Å². The molecule has 2 amide bonds. The minimum atomic E-state index is -0.703. The maximum atomic E-state index is 12.3. The summed E-state index contributed by atoms with van der Waals surface area (Å²) < 4.78 is 0. The van der Waals surface area contributed by atoms with Crippen LogP contribution in [0.15, 0.2) is 0 Å². The fourth-order valence-corrected chi connectivity index (χ4v) is 3.55. The van der Waals surface area contributed by atoms with Gasteiger partial charge < -0.3 is 15.3 Å². The third-order valence-electron chi connectivity index (χ3n) is 5.06. The Bertz CT molecular complexity index is 383. The van der Waals surface area contributed by atoms with Gasteiger partial charge >= 0.3 is 0 Å². The van der Waals surface area contributed by atoms with E-state index in [0.29, 0.717) is 26.1 Å². The lowest BCUT2D eigenvalue weighted by atomic mass is 9.84. The van der Waals surface area contributed by atoms with Gasteiger partial charge in [-0.2, -0.15) is 0 Å². The van der Waals surface area contributed by atoms with Crippen LogP contribution < -0.4 is 5.32 Å². The lowest BCUT2D eigenvalue weighted by Crippen LogP contribution is -2.48. The normalized spacial score (nSPS) is 22.4. The number of aliphatic hydroxyl groups is 1. The van der Waals surface area contributed by atoms with Gasteiger partial charge in [-0.15, -0.1) is 0 Å². The van der Waals surface area contributed by atoms with Crippen LogP contribution in [0.4, 0.5) is 0 Å². The molecule has 2 rings (SSSR count). The predicted molar refractivity (Wildman–Crippen MR) is 85.3 cm³/mol. The fraction of sp³-hybridized carbons (Fsp3) is 0.882. The van der Waals surface area contributed by atoms with Crippen molar-refractivity contribution in [3.63, 3.8) is 0 Å². The van der Waals surface area contributed by atoms with Crippen LogP contribution in [0.5, 0.6) is 0 Å². The van der Waals surface area contributed by atoms with E-state index < -0.39 is 5.60 Å². The topological polar surface area (TPSA) is 69.6 Å². The molecule has 0 aromatic heterocycles. The molecule has 126 valence electrons. The van der Waals surface area contributed by atoms with E-state index in [1.165, 1.54) is 6.42 Å². The second kappa shape index (κ2) is 7.95. The molecular weight excluding hydrogens is 280 g/mol. The number of carbonyl (C=O) groups excluding carboxylic acids is 2. The van der Waals surface area contributed by atoms with Gasteiger partial charge in [-0.1, -0.05) is 26.2 Å². The first kappa shape index (κ1) is 17.3. The number of rotatable bonds is 5. The smallest absolute Gasteiger partial charge is 0.223 e. The maximum Gasteiger partial charge on any atom is 0.223 e. The Morgan fingerprint density at radius 3 is 2.41 bits per heavy atom. The van der Waals surface area contributed by atoms with Crippen molar-refractivity contribution < 1.29 is 14.7 Å². The van der Waals surface area contributed by atoms with Crippen molar-refractivity contribution in [1.82, 2.24) is 10.2 Å². The first-order valence-electron chi connectivity index (χ1n) is 8.82. The number of hydrogen-bond acceptors (Lipinski definition) is 3. The molecule has 0 aromatic rings. The number of amides is 2. The molecule has 0 bridgehead atoms. The van der Waals surface area contributed by atoms with Crippen molar-refractivity contribution in [3.05, 3.63) is 0 Å². The molecular formula is C17H30N2O3. The monoisotopic (exact) mass is 310 g/mol. The molecule has 0 aromatic carbocycles. The lowest BCUT2D eigenvalue weighted by molar-refractivity contribution is -0.136. The SMILES string of the molecule is CCCC(=O)N1CCC(C(=O)NCC2(O)CCCCC2)CC1. The van der Waals surface area contributed by atoms with Gasteiger partial charge in [0.2, 0.25) is 11.8 Å². The van der Waals surface area contributed by atoms with Crippen molar-refractivity contribution in [2.45, 2.75) is 70.3 Å². The highest BCUT2D eigenvalue weighted by Crippen LogP contribution is 2.27. The van der Waals surface area contributed by atoms with E-state index in [9.17, 15) is 14.7 Å². The number of nitrogens with one attached hydrogen (secondary N) is 1. The highest BCUT2D eigenvalue weighted by molar-refractivity contribution is 5.80. The van der Waals surface area contributed by atoms with Crippen LogP contribution in [-0.2, 0) is 9.59 Å². The zero-order valence-corrected chi connectivity index (χ0v) is 13.8. The minimum Gasteiger partial charge on any atom is -0.388 e. The first-order valence-corrected chi connectivity index (χ1v) is 8.82. The van der Waals surface area contributed by atoms with E-state index >= 15 is 0 Å². The molecule has 22 heavy (non-hydrogen) atoms. The van der Waals surface area contributed by atoms with E-state index in [1.807, 2.05) is 11.8 Å². The average Bonchev–Trinajstić information content (AvgIpc) is 2.54. The largest absolute Gasteiger partial charge is 0.388 e. The van der Waals surface area contributed by atoms with Crippen molar-refractivity contribution >= 4 is 11.8 Å². The summed E-state index contributed by atoms with van der Waals surface area (Å²) in [7, 11) is 0. The molecule has 2 N–H and O–H groups in total. The van der Waals surface area contributed by atoms with E-state index in [1.54, 1.807) is 0 Å². The third kappa shape index (κ3) is 4.70. The predicted octanol–water partition coefficient (Wildman–Crippen LogP) is 1.84.